The molecule has 5 nitrogen and oxygen atoms in total. The van der Waals surface area contributed by atoms with Gasteiger partial charge >= 0.3 is 5.65 Å². The minimum absolute atomic E-state index is 0.655. The van der Waals surface area contributed by atoms with Gasteiger partial charge in [-0.3, -0.25) is 5.10 Å². The zero-order chi connectivity index (χ0) is 15.1. The first-order valence-corrected chi connectivity index (χ1v) is 7.06. The highest BCUT2D eigenvalue weighted by Gasteiger charge is 2.18. The van der Waals surface area contributed by atoms with Crippen LogP contribution in [0, 0.1) is 6.92 Å². The maximum Gasteiger partial charge on any atom is 0.326 e. The summed E-state index contributed by atoms with van der Waals surface area (Å²) in [6.45, 7) is 2.07. The first-order valence-electron chi connectivity index (χ1n) is 7.06. The highest BCUT2D eigenvalue weighted by atomic mass is 16.5. The first-order chi connectivity index (χ1) is 10.7. The van der Waals surface area contributed by atoms with Crippen LogP contribution in [0.3, 0.4) is 0 Å². The maximum atomic E-state index is 9.86. The number of pyridine rings is 1. The molecule has 0 aliphatic rings. The minimum Gasteiger partial charge on any atom is -0.350 e. The van der Waals surface area contributed by atoms with Crippen LogP contribution in [-0.2, 0) is 0 Å². The average molecular weight is 291 g/mol. The number of aromatic nitrogens is 4. The molecule has 4 rings (SSSR count). The highest BCUT2D eigenvalue weighted by molar-refractivity contribution is 5.95. The van der Waals surface area contributed by atoms with Crippen molar-refractivity contribution < 1.29 is 9.94 Å². The summed E-state index contributed by atoms with van der Waals surface area (Å²) in [6.07, 6.45) is 5.31. The van der Waals surface area contributed by atoms with Gasteiger partial charge in [0.05, 0.1) is 29.0 Å². The van der Waals surface area contributed by atoms with Crippen molar-refractivity contribution in [2.75, 3.05) is 0 Å². The molecule has 0 bridgehead atoms. The van der Waals surface area contributed by atoms with Gasteiger partial charge in [0.25, 0.3) is 0 Å². The first kappa shape index (κ1) is 12.6. The number of nitrogens with zero attached hydrogens (tertiary/aromatic N) is 2. The third-order valence-corrected chi connectivity index (χ3v) is 3.86. The molecular weight excluding hydrogens is 276 g/mol. The predicted octanol–water partition coefficient (Wildman–Crippen LogP) is 3.06. The fraction of sp³-hybridized carbons (Fsp3) is 0.0588. The molecule has 4 aromatic rings. The standard InChI is InChI=1S/C17H14N4O/c1-11-4-2-5-12(8-11)14-10-19-20-16(14)15-9-18-17-13(15)6-3-7-21(17)22/h2-10,22H,1H3,(H,19,20)/p+1. The lowest BCUT2D eigenvalue weighted by Crippen LogP contribution is -2.29. The molecule has 0 radical (unpaired) electrons. The Balaban J connectivity index is 1.94. The number of benzene rings is 1. The van der Waals surface area contributed by atoms with Crippen LogP contribution in [0.2, 0.25) is 0 Å². The Labute approximate surface area is 126 Å². The summed E-state index contributed by atoms with van der Waals surface area (Å²) >= 11 is 0. The van der Waals surface area contributed by atoms with E-state index < -0.39 is 0 Å². The third kappa shape index (κ3) is 1.87. The molecule has 3 heterocycles. The zero-order valence-electron chi connectivity index (χ0n) is 12.0. The molecule has 3 aromatic heterocycles. The Morgan fingerprint density at radius 3 is 2.91 bits per heavy atom. The van der Waals surface area contributed by atoms with Crippen molar-refractivity contribution in [2.45, 2.75) is 6.92 Å². The smallest absolute Gasteiger partial charge is 0.326 e. The van der Waals surface area contributed by atoms with E-state index in [9.17, 15) is 5.21 Å². The largest absolute Gasteiger partial charge is 0.350 e. The van der Waals surface area contributed by atoms with Crippen LogP contribution < -0.4 is 4.73 Å². The normalized spacial score (nSPS) is 11.1. The van der Waals surface area contributed by atoms with Gasteiger partial charge < -0.3 is 5.21 Å². The molecule has 5 heteroatoms. The summed E-state index contributed by atoms with van der Waals surface area (Å²) in [7, 11) is 0. The maximum absolute atomic E-state index is 9.86. The molecule has 0 saturated heterocycles. The Morgan fingerprint density at radius 2 is 2.05 bits per heavy atom. The Bertz CT molecular complexity index is 968. The van der Waals surface area contributed by atoms with Gasteiger partial charge in [-0.15, -0.1) is 0 Å². The van der Waals surface area contributed by atoms with E-state index in [1.54, 1.807) is 6.20 Å². The number of aromatic amines is 2. The fourth-order valence-electron chi connectivity index (χ4n) is 2.81. The molecule has 1 aromatic carbocycles. The molecule has 0 spiro atoms. The molecule has 3 N–H and O–H groups in total. The lowest BCUT2D eigenvalue weighted by atomic mass is 10.0. The summed E-state index contributed by atoms with van der Waals surface area (Å²) in [6, 6.07) is 12.1. The summed E-state index contributed by atoms with van der Waals surface area (Å²) in [4.78, 5) is 3.10. The van der Waals surface area contributed by atoms with Crippen molar-refractivity contribution in [2.24, 2.45) is 0 Å². The second-order valence-electron chi connectivity index (χ2n) is 5.35. The van der Waals surface area contributed by atoms with Crippen LogP contribution in [0.4, 0.5) is 0 Å². The Kier molecular flexibility index (Phi) is 2.72. The van der Waals surface area contributed by atoms with E-state index in [1.165, 1.54) is 5.56 Å². The van der Waals surface area contributed by atoms with E-state index in [-0.39, 0.29) is 0 Å². The summed E-state index contributed by atoms with van der Waals surface area (Å²) in [5, 5.41) is 18.1. The fourth-order valence-corrected chi connectivity index (χ4v) is 2.81. The summed E-state index contributed by atoms with van der Waals surface area (Å²) in [5.74, 6) is 0. The number of hydrogen-bond acceptors (Lipinski definition) is 2. The summed E-state index contributed by atoms with van der Waals surface area (Å²) < 4.78 is 1.08. The molecule has 22 heavy (non-hydrogen) atoms. The highest BCUT2D eigenvalue weighted by Crippen LogP contribution is 2.33. The number of fused-ring (bicyclic) bond motifs is 1. The van der Waals surface area contributed by atoms with Crippen LogP contribution in [0.1, 0.15) is 5.56 Å². The number of nitrogens with one attached hydrogen (secondary N) is 2. The van der Waals surface area contributed by atoms with Gasteiger partial charge in [0, 0.05) is 5.56 Å². The molecule has 0 aliphatic carbocycles. The second kappa shape index (κ2) is 4.73. The number of aryl methyl sites for hydroxylation is 1. The van der Waals surface area contributed by atoms with Gasteiger partial charge in [-0.05, 0) is 24.6 Å². The van der Waals surface area contributed by atoms with E-state index in [0.717, 1.165) is 32.5 Å². The van der Waals surface area contributed by atoms with Crippen LogP contribution in [-0.4, -0.2) is 20.4 Å². The molecule has 0 aliphatic heterocycles. The number of H-pyrrole nitrogens is 2. The van der Waals surface area contributed by atoms with Crippen molar-refractivity contribution >= 4 is 11.0 Å². The van der Waals surface area contributed by atoms with Crippen LogP contribution in [0.25, 0.3) is 33.4 Å². The van der Waals surface area contributed by atoms with Crippen molar-refractivity contribution in [3.63, 3.8) is 0 Å². The van der Waals surface area contributed by atoms with Crippen LogP contribution in [0.15, 0.2) is 55.0 Å². The molecular formula is C17H15N4O+. The van der Waals surface area contributed by atoms with Gasteiger partial charge in [0.2, 0.25) is 0 Å². The van der Waals surface area contributed by atoms with Crippen LogP contribution in [0.5, 0.6) is 0 Å². The summed E-state index contributed by atoms with van der Waals surface area (Å²) in [5.41, 5.74) is 5.93. The molecule has 0 fully saturated rings. The predicted molar refractivity (Wildman–Crippen MR) is 83.4 cm³/mol. The Morgan fingerprint density at radius 1 is 1.14 bits per heavy atom. The van der Waals surface area contributed by atoms with E-state index in [1.807, 2.05) is 30.6 Å². The molecule has 0 saturated carbocycles. The van der Waals surface area contributed by atoms with Crippen molar-refractivity contribution in [1.82, 2.24) is 15.2 Å². The van der Waals surface area contributed by atoms with Gasteiger partial charge in [-0.2, -0.15) is 5.10 Å². The van der Waals surface area contributed by atoms with Gasteiger partial charge in [-0.1, -0.05) is 34.6 Å². The van der Waals surface area contributed by atoms with E-state index in [2.05, 4.69) is 40.3 Å². The lowest BCUT2D eigenvalue weighted by Gasteiger charge is -2.03. The number of hydrogen-bond donors (Lipinski definition) is 3. The molecule has 0 atom stereocenters. The Hall–Kier alpha value is -3.08. The van der Waals surface area contributed by atoms with E-state index >= 15 is 0 Å². The SMILES string of the molecule is Cc1cccc(-c2cn[nH]c2-c2c[nH]c3c2ccc[n+]3O)c1. The van der Waals surface area contributed by atoms with Gasteiger partial charge in [-0.25, -0.2) is 4.98 Å². The molecule has 0 amide bonds. The molecule has 108 valence electrons. The van der Waals surface area contributed by atoms with E-state index in [4.69, 9.17) is 0 Å². The monoisotopic (exact) mass is 291 g/mol. The minimum atomic E-state index is 0.655. The van der Waals surface area contributed by atoms with Crippen molar-refractivity contribution in [1.29, 1.82) is 0 Å². The lowest BCUT2D eigenvalue weighted by molar-refractivity contribution is -0.885. The average Bonchev–Trinajstić information content (AvgIpc) is 3.13. The van der Waals surface area contributed by atoms with E-state index in [0.29, 0.717) is 5.65 Å². The van der Waals surface area contributed by atoms with Crippen molar-refractivity contribution in [3.05, 3.63) is 60.6 Å². The topological polar surface area (TPSA) is 68.6 Å². The quantitative estimate of drug-likeness (QED) is 0.392. The third-order valence-electron chi connectivity index (χ3n) is 3.86. The number of rotatable bonds is 2. The zero-order valence-corrected chi connectivity index (χ0v) is 12.0. The van der Waals surface area contributed by atoms with Crippen LogP contribution >= 0.6 is 0 Å². The molecule has 0 unspecified atom stereocenters. The van der Waals surface area contributed by atoms with Gasteiger partial charge in [0.1, 0.15) is 6.20 Å². The van der Waals surface area contributed by atoms with Gasteiger partial charge in [0.15, 0.2) is 0 Å². The van der Waals surface area contributed by atoms with Crippen molar-refractivity contribution in [3.8, 4) is 22.4 Å². The second-order valence-corrected chi connectivity index (χ2v) is 5.35.